The molecule has 0 bridgehead atoms. The zero-order valence-electron chi connectivity index (χ0n) is 13.3. The fraction of sp³-hybridized carbons (Fsp3) is 0.867. The second kappa shape index (κ2) is 7.62. The van der Waals surface area contributed by atoms with Crippen molar-refractivity contribution in [2.24, 2.45) is 5.92 Å². The molecule has 0 radical (unpaired) electrons. The van der Waals surface area contributed by atoms with Crippen LogP contribution in [0.15, 0.2) is 0 Å². The molecule has 3 unspecified atom stereocenters. The van der Waals surface area contributed by atoms with Gasteiger partial charge in [0.1, 0.15) is 12.1 Å². The molecule has 20 heavy (non-hydrogen) atoms. The van der Waals surface area contributed by atoms with Crippen LogP contribution in [0.1, 0.15) is 47.0 Å². The van der Waals surface area contributed by atoms with Crippen LogP contribution in [0.4, 0.5) is 0 Å². The van der Waals surface area contributed by atoms with E-state index in [0.29, 0.717) is 25.4 Å². The highest BCUT2D eigenvalue weighted by Crippen LogP contribution is 2.21. The average Bonchev–Trinajstić information content (AvgIpc) is 2.35. The summed E-state index contributed by atoms with van der Waals surface area (Å²) >= 11 is 0. The number of nitrogens with one attached hydrogen (secondary N) is 1. The third kappa shape index (κ3) is 3.95. The van der Waals surface area contributed by atoms with Gasteiger partial charge in [0, 0.05) is 7.11 Å². The number of methoxy groups -OCH3 is 1. The molecule has 0 aromatic heterocycles. The number of hydrogen-bond acceptors (Lipinski definition) is 3. The lowest BCUT2D eigenvalue weighted by Crippen LogP contribution is -2.66. The highest BCUT2D eigenvalue weighted by Gasteiger charge is 2.42. The van der Waals surface area contributed by atoms with Crippen molar-refractivity contribution >= 4 is 11.8 Å². The van der Waals surface area contributed by atoms with Gasteiger partial charge >= 0.3 is 0 Å². The molecule has 1 rings (SSSR count). The second-order valence-corrected chi connectivity index (χ2v) is 6.05. The van der Waals surface area contributed by atoms with Gasteiger partial charge in [-0.05, 0) is 25.7 Å². The summed E-state index contributed by atoms with van der Waals surface area (Å²) in [4.78, 5) is 26.7. The summed E-state index contributed by atoms with van der Waals surface area (Å²) in [6.45, 7) is 8.53. The molecule has 1 aliphatic rings. The van der Waals surface area contributed by atoms with Crippen LogP contribution in [0.25, 0.3) is 0 Å². The van der Waals surface area contributed by atoms with E-state index in [1.807, 2.05) is 13.8 Å². The molecule has 2 amide bonds. The van der Waals surface area contributed by atoms with Crippen molar-refractivity contribution < 1.29 is 14.3 Å². The SMILES string of the molecule is CCCC1C(=O)NC(CC(C)C)C(=O)N1C(C)COC. The van der Waals surface area contributed by atoms with E-state index in [1.54, 1.807) is 12.0 Å². The van der Waals surface area contributed by atoms with Crippen molar-refractivity contribution in [1.82, 2.24) is 10.2 Å². The van der Waals surface area contributed by atoms with Crippen LogP contribution in [-0.2, 0) is 14.3 Å². The summed E-state index contributed by atoms with van der Waals surface area (Å²) in [6.07, 6.45) is 2.25. The number of carbonyl (C=O) groups is 2. The van der Waals surface area contributed by atoms with Crippen LogP contribution in [0.2, 0.25) is 0 Å². The molecule has 1 N–H and O–H groups in total. The highest BCUT2D eigenvalue weighted by atomic mass is 16.5. The van der Waals surface area contributed by atoms with Gasteiger partial charge in [-0.25, -0.2) is 0 Å². The predicted molar refractivity (Wildman–Crippen MR) is 78.3 cm³/mol. The van der Waals surface area contributed by atoms with E-state index in [-0.39, 0.29) is 23.9 Å². The fourth-order valence-electron chi connectivity index (χ4n) is 2.81. The Balaban J connectivity index is 2.94. The molecule has 1 fully saturated rings. The Bertz CT molecular complexity index is 344. The first-order valence-electron chi connectivity index (χ1n) is 7.53. The summed E-state index contributed by atoms with van der Waals surface area (Å²) in [6, 6.07) is -0.833. The van der Waals surface area contributed by atoms with E-state index in [2.05, 4.69) is 19.2 Å². The van der Waals surface area contributed by atoms with Gasteiger partial charge in [0.15, 0.2) is 0 Å². The lowest BCUT2D eigenvalue weighted by Gasteiger charge is -2.42. The molecule has 0 aromatic carbocycles. The third-order valence-corrected chi connectivity index (χ3v) is 3.66. The highest BCUT2D eigenvalue weighted by molar-refractivity contribution is 5.97. The van der Waals surface area contributed by atoms with Gasteiger partial charge in [-0.1, -0.05) is 27.2 Å². The van der Waals surface area contributed by atoms with E-state index in [1.165, 1.54) is 0 Å². The molecule has 5 nitrogen and oxygen atoms in total. The van der Waals surface area contributed by atoms with Crippen molar-refractivity contribution in [1.29, 1.82) is 0 Å². The Hall–Kier alpha value is -1.10. The number of nitrogens with zero attached hydrogens (tertiary/aromatic N) is 1. The minimum Gasteiger partial charge on any atom is -0.383 e. The Kier molecular flexibility index (Phi) is 6.46. The topological polar surface area (TPSA) is 58.6 Å². The first-order valence-corrected chi connectivity index (χ1v) is 7.53. The van der Waals surface area contributed by atoms with Gasteiger partial charge in [-0.15, -0.1) is 0 Å². The van der Waals surface area contributed by atoms with Crippen molar-refractivity contribution in [3.63, 3.8) is 0 Å². The Morgan fingerprint density at radius 3 is 2.45 bits per heavy atom. The van der Waals surface area contributed by atoms with E-state index >= 15 is 0 Å². The predicted octanol–water partition coefficient (Wildman–Crippen LogP) is 1.56. The molecule has 1 saturated heterocycles. The van der Waals surface area contributed by atoms with Crippen LogP contribution in [0.5, 0.6) is 0 Å². The number of piperazine rings is 1. The van der Waals surface area contributed by atoms with E-state index in [9.17, 15) is 9.59 Å². The first-order chi connectivity index (χ1) is 9.42. The number of hydrogen-bond donors (Lipinski definition) is 1. The first kappa shape index (κ1) is 17.0. The standard InChI is InChI=1S/C15H28N2O3/c1-6-7-13-14(18)16-12(8-10(2)3)15(19)17(13)11(4)9-20-5/h10-13H,6-9H2,1-5H3,(H,16,18). The molecule has 0 spiro atoms. The van der Waals surface area contributed by atoms with E-state index in [4.69, 9.17) is 4.74 Å². The van der Waals surface area contributed by atoms with Crippen molar-refractivity contribution in [3.05, 3.63) is 0 Å². The van der Waals surface area contributed by atoms with Crippen molar-refractivity contribution in [2.45, 2.75) is 65.1 Å². The summed E-state index contributed by atoms with van der Waals surface area (Å²) in [5, 5.41) is 2.89. The van der Waals surface area contributed by atoms with Gasteiger partial charge in [0.2, 0.25) is 11.8 Å². The van der Waals surface area contributed by atoms with Crippen molar-refractivity contribution in [3.8, 4) is 0 Å². The normalized spacial score (nSPS) is 25.0. The molecule has 1 heterocycles. The summed E-state index contributed by atoms with van der Waals surface area (Å²) in [7, 11) is 1.62. The van der Waals surface area contributed by atoms with Crippen LogP contribution in [0.3, 0.4) is 0 Å². The molecule has 0 saturated carbocycles. The maximum Gasteiger partial charge on any atom is 0.246 e. The van der Waals surface area contributed by atoms with Crippen LogP contribution in [-0.4, -0.2) is 48.6 Å². The maximum absolute atomic E-state index is 12.7. The lowest BCUT2D eigenvalue weighted by molar-refractivity contribution is -0.153. The number of carbonyl (C=O) groups excluding carboxylic acids is 2. The molecule has 0 aliphatic carbocycles. The monoisotopic (exact) mass is 284 g/mol. The average molecular weight is 284 g/mol. The summed E-state index contributed by atoms with van der Waals surface area (Å²) in [5.41, 5.74) is 0. The minimum absolute atomic E-state index is 0.0277. The number of amides is 2. The Morgan fingerprint density at radius 2 is 1.95 bits per heavy atom. The quantitative estimate of drug-likeness (QED) is 0.772. The van der Waals surface area contributed by atoms with Crippen LogP contribution >= 0.6 is 0 Å². The van der Waals surface area contributed by atoms with Gasteiger partial charge in [0.25, 0.3) is 0 Å². The fourth-order valence-corrected chi connectivity index (χ4v) is 2.81. The molecule has 3 atom stereocenters. The molecule has 5 heteroatoms. The van der Waals surface area contributed by atoms with Crippen molar-refractivity contribution in [2.75, 3.05) is 13.7 Å². The maximum atomic E-state index is 12.7. The van der Waals surface area contributed by atoms with Gasteiger partial charge < -0.3 is 15.0 Å². The zero-order valence-corrected chi connectivity index (χ0v) is 13.3. The lowest BCUT2D eigenvalue weighted by atomic mass is 9.95. The second-order valence-electron chi connectivity index (χ2n) is 6.05. The molecular weight excluding hydrogens is 256 g/mol. The van der Waals surface area contributed by atoms with Crippen LogP contribution in [0, 0.1) is 5.92 Å². The van der Waals surface area contributed by atoms with Gasteiger partial charge in [-0.2, -0.15) is 0 Å². The molecule has 0 aromatic rings. The molecule has 116 valence electrons. The van der Waals surface area contributed by atoms with Gasteiger partial charge in [0.05, 0.1) is 12.6 Å². The van der Waals surface area contributed by atoms with Crippen LogP contribution < -0.4 is 5.32 Å². The summed E-state index contributed by atoms with van der Waals surface area (Å²) < 4.78 is 5.16. The Labute approximate surface area is 122 Å². The van der Waals surface area contributed by atoms with E-state index < -0.39 is 6.04 Å². The number of rotatable bonds is 7. The number of ether oxygens (including phenoxy) is 1. The Morgan fingerprint density at radius 1 is 1.30 bits per heavy atom. The largest absolute Gasteiger partial charge is 0.383 e. The van der Waals surface area contributed by atoms with Gasteiger partial charge in [-0.3, -0.25) is 9.59 Å². The smallest absolute Gasteiger partial charge is 0.246 e. The molecular formula is C15H28N2O3. The molecule has 1 aliphatic heterocycles. The zero-order chi connectivity index (χ0) is 15.3. The summed E-state index contributed by atoms with van der Waals surface area (Å²) in [5.74, 6) is 0.368. The third-order valence-electron chi connectivity index (χ3n) is 3.66. The van der Waals surface area contributed by atoms with E-state index in [0.717, 1.165) is 6.42 Å². The minimum atomic E-state index is -0.394.